The highest BCUT2D eigenvalue weighted by atomic mass is 35.5. The van der Waals surface area contributed by atoms with E-state index in [0.29, 0.717) is 11.7 Å². The average molecular weight is 399 g/mol. The summed E-state index contributed by atoms with van der Waals surface area (Å²) in [6, 6.07) is 26.5. The lowest BCUT2D eigenvalue weighted by atomic mass is 10.2. The van der Waals surface area contributed by atoms with Gasteiger partial charge in [-0.3, -0.25) is 0 Å². The third-order valence-corrected chi connectivity index (χ3v) is 5.31. The zero-order valence-corrected chi connectivity index (χ0v) is 16.5. The van der Waals surface area contributed by atoms with E-state index >= 15 is 0 Å². The van der Waals surface area contributed by atoms with Crippen LogP contribution in [0.15, 0.2) is 83.8 Å². The molecule has 0 aliphatic rings. The van der Waals surface area contributed by atoms with E-state index in [1.54, 1.807) is 0 Å². The molecule has 3 aromatic carbocycles. The molecule has 0 spiro atoms. The summed E-state index contributed by atoms with van der Waals surface area (Å²) in [4.78, 5) is 1.28. The highest BCUT2D eigenvalue weighted by Crippen LogP contribution is 2.23. The first-order valence-electron chi connectivity index (χ1n) is 8.25. The number of rotatable bonds is 6. The van der Waals surface area contributed by atoms with Crippen LogP contribution in [-0.2, 0) is 12.3 Å². The van der Waals surface area contributed by atoms with E-state index in [2.05, 4.69) is 59.2 Å². The Morgan fingerprint density at radius 2 is 1.50 bits per heavy atom. The van der Waals surface area contributed by atoms with Crippen molar-refractivity contribution in [3.63, 3.8) is 0 Å². The maximum absolute atomic E-state index is 5.89. The van der Waals surface area contributed by atoms with Crippen LogP contribution < -0.4 is 10.6 Å². The molecule has 0 saturated heterocycles. The number of anilines is 1. The second kappa shape index (κ2) is 9.62. The molecular weight excluding hydrogens is 380 g/mol. The summed E-state index contributed by atoms with van der Waals surface area (Å²) in [5, 5.41) is 7.75. The SMILES string of the molecule is S=C(NCc1ccc(Cl)cc1)Nc1ccc(CSc2ccccc2)cc1. The van der Waals surface area contributed by atoms with E-state index in [0.717, 1.165) is 22.0 Å². The van der Waals surface area contributed by atoms with E-state index in [1.807, 2.05) is 42.1 Å². The van der Waals surface area contributed by atoms with Crippen molar-refractivity contribution in [2.24, 2.45) is 0 Å². The highest BCUT2D eigenvalue weighted by Gasteiger charge is 2.00. The fraction of sp³-hybridized carbons (Fsp3) is 0.0952. The Morgan fingerprint density at radius 1 is 0.846 bits per heavy atom. The van der Waals surface area contributed by atoms with Crippen molar-refractivity contribution in [2.75, 3.05) is 5.32 Å². The van der Waals surface area contributed by atoms with Gasteiger partial charge >= 0.3 is 0 Å². The van der Waals surface area contributed by atoms with Gasteiger partial charge in [-0.15, -0.1) is 11.8 Å². The number of hydrogen-bond acceptors (Lipinski definition) is 2. The predicted octanol–water partition coefficient (Wildman–Crippen LogP) is 6.12. The van der Waals surface area contributed by atoms with Crippen molar-refractivity contribution in [3.8, 4) is 0 Å². The van der Waals surface area contributed by atoms with Crippen LogP contribution in [0.25, 0.3) is 0 Å². The fourth-order valence-corrected chi connectivity index (χ4v) is 3.52. The maximum Gasteiger partial charge on any atom is 0.171 e. The Labute approximate surface area is 169 Å². The third-order valence-electron chi connectivity index (χ3n) is 3.73. The van der Waals surface area contributed by atoms with Gasteiger partial charge in [-0.25, -0.2) is 0 Å². The van der Waals surface area contributed by atoms with Gasteiger partial charge in [-0.1, -0.05) is 54.1 Å². The van der Waals surface area contributed by atoms with Crippen LogP contribution in [0.1, 0.15) is 11.1 Å². The van der Waals surface area contributed by atoms with Crippen LogP contribution in [0.5, 0.6) is 0 Å². The van der Waals surface area contributed by atoms with E-state index in [9.17, 15) is 0 Å². The molecule has 0 aliphatic carbocycles. The van der Waals surface area contributed by atoms with Gasteiger partial charge in [0.25, 0.3) is 0 Å². The van der Waals surface area contributed by atoms with Crippen molar-refractivity contribution in [2.45, 2.75) is 17.2 Å². The largest absolute Gasteiger partial charge is 0.358 e. The normalized spacial score (nSPS) is 10.3. The minimum atomic E-state index is 0.603. The maximum atomic E-state index is 5.89. The van der Waals surface area contributed by atoms with E-state index in [1.165, 1.54) is 10.5 Å². The van der Waals surface area contributed by atoms with Crippen molar-refractivity contribution >= 4 is 46.4 Å². The monoisotopic (exact) mass is 398 g/mol. The molecule has 26 heavy (non-hydrogen) atoms. The molecule has 0 bridgehead atoms. The molecule has 0 radical (unpaired) electrons. The van der Waals surface area contributed by atoms with Crippen molar-refractivity contribution in [1.29, 1.82) is 0 Å². The minimum Gasteiger partial charge on any atom is -0.358 e. The summed E-state index contributed by atoms with van der Waals surface area (Å²) in [5.41, 5.74) is 3.39. The van der Waals surface area contributed by atoms with Gasteiger partial charge in [0, 0.05) is 27.9 Å². The second-order valence-corrected chi connectivity index (χ2v) is 7.63. The number of hydrogen-bond donors (Lipinski definition) is 2. The van der Waals surface area contributed by atoms with E-state index in [4.69, 9.17) is 23.8 Å². The lowest BCUT2D eigenvalue weighted by Gasteiger charge is -2.11. The predicted molar refractivity (Wildman–Crippen MR) is 117 cm³/mol. The molecule has 0 fully saturated rings. The van der Waals surface area contributed by atoms with Crippen LogP contribution in [0.4, 0.5) is 5.69 Å². The molecule has 0 heterocycles. The van der Waals surface area contributed by atoms with Gasteiger partial charge in [0.15, 0.2) is 5.11 Å². The Balaban J connectivity index is 1.45. The highest BCUT2D eigenvalue weighted by molar-refractivity contribution is 7.98. The zero-order valence-electron chi connectivity index (χ0n) is 14.1. The summed E-state index contributed by atoms with van der Waals surface area (Å²) in [5.74, 6) is 0.948. The molecular formula is C21H19ClN2S2. The molecule has 0 aliphatic heterocycles. The molecule has 2 nitrogen and oxygen atoms in total. The molecule has 0 unspecified atom stereocenters. The molecule has 3 aromatic rings. The number of thioether (sulfide) groups is 1. The van der Waals surface area contributed by atoms with Crippen LogP contribution in [0, 0.1) is 0 Å². The molecule has 0 saturated carbocycles. The zero-order chi connectivity index (χ0) is 18.2. The number of thiocarbonyl (C=S) groups is 1. The Hall–Kier alpha value is -2.01. The van der Waals surface area contributed by atoms with E-state index in [-0.39, 0.29) is 0 Å². The number of halogens is 1. The van der Waals surface area contributed by atoms with Crippen molar-refractivity contribution in [3.05, 3.63) is 95.0 Å². The second-order valence-electron chi connectivity index (χ2n) is 5.73. The molecule has 5 heteroatoms. The van der Waals surface area contributed by atoms with Crippen molar-refractivity contribution < 1.29 is 0 Å². The Bertz CT molecular complexity index is 834. The smallest absolute Gasteiger partial charge is 0.171 e. The van der Waals surface area contributed by atoms with Crippen molar-refractivity contribution in [1.82, 2.24) is 5.32 Å². The Morgan fingerprint density at radius 3 is 2.19 bits per heavy atom. The summed E-state index contributed by atoms with van der Waals surface area (Å²) < 4.78 is 0. The first-order chi connectivity index (χ1) is 12.7. The van der Waals surface area contributed by atoms with Gasteiger partial charge < -0.3 is 10.6 Å². The molecule has 0 atom stereocenters. The standard InChI is InChI=1S/C21H19ClN2S2/c22-18-10-6-16(7-11-18)14-23-21(25)24-19-12-8-17(9-13-19)15-26-20-4-2-1-3-5-20/h1-13H,14-15H2,(H2,23,24,25). The quantitative estimate of drug-likeness (QED) is 0.386. The minimum absolute atomic E-state index is 0.603. The average Bonchev–Trinajstić information content (AvgIpc) is 2.68. The first-order valence-corrected chi connectivity index (χ1v) is 10.0. The Kier molecular flexibility index (Phi) is 6.95. The van der Waals surface area contributed by atoms with Gasteiger partial charge in [-0.05, 0) is 59.7 Å². The lowest BCUT2D eigenvalue weighted by molar-refractivity contribution is 0.926. The summed E-state index contributed by atoms with van der Waals surface area (Å²) in [6.45, 7) is 0.662. The third kappa shape index (κ3) is 6.06. The molecule has 0 amide bonds. The lowest BCUT2D eigenvalue weighted by Crippen LogP contribution is -2.27. The van der Waals surface area contributed by atoms with E-state index < -0.39 is 0 Å². The molecule has 2 N–H and O–H groups in total. The number of benzene rings is 3. The van der Waals surface area contributed by atoms with Gasteiger partial charge in [0.1, 0.15) is 0 Å². The molecule has 132 valence electrons. The van der Waals surface area contributed by atoms with Crippen LogP contribution >= 0.6 is 35.6 Å². The summed E-state index contributed by atoms with van der Waals surface area (Å²) >= 11 is 13.1. The van der Waals surface area contributed by atoms with Gasteiger partial charge in [0.2, 0.25) is 0 Å². The molecule has 3 rings (SSSR count). The fourth-order valence-electron chi connectivity index (χ4n) is 2.33. The summed E-state index contributed by atoms with van der Waals surface area (Å²) in [6.07, 6.45) is 0. The molecule has 0 aromatic heterocycles. The van der Waals surface area contributed by atoms with Gasteiger partial charge in [0.05, 0.1) is 0 Å². The topological polar surface area (TPSA) is 24.1 Å². The van der Waals surface area contributed by atoms with Gasteiger partial charge in [-0.2, -0.15) is 0 Å². The summed E-state index contributed by atoms with van der Waals surface area (Å²) in [7, 11) is 0. The first kappa shape index (κ1) is 18.8. The van der Waals surface area contributed by atoms with Crippen LogP contribution in [0.2, 0.25) is 5.02 Å². The van der Waals surface area contributed by atoms with Crippen LogP contribution in [-0.4, -0.2) is 5.11 Å². The number of nitrogens with one attached hydrogen (secondary N) is 2. The van der Waals surface area contributed by atoms with Crippen LogP contribution in [0.3, 0.4) is 0 Å².